The molecule has 2 aromatic carbocycles. The summed E-state index contributed by atoms with van der Waals surface area (Å²) in [6.07, 6.45) is 2.40. The first-order valence-corrected chi connectivity index (χ1v) is 8.91. The van der Waals surface area contributed by atoms with Crippen LogP contribution in [0.15, 0.2) is 48.7 Å². The van der Waals surface area contributed by atoms with Gasteiger partial charge in [-0.05, 0) is 55.3 Å². The summed E-state index contributed by atoms with van der Waals surface area (Å²) in [5.41, 5.74) is 2.25. The highest BCUT2D eigenvalue weighted by molar-refractivity contribution is 6.31. The maximum absolute atomic E-state index is 13.2. The van der Waals surface area contributed by atoms with Gasteiger partial charge < -0.3 is 10.1 Å². The zero-order chi connectivity index (χ0) is 19.4. The number of rotatable bonds is 6. The van der Waals surface area contributed by atoms with Gasteiger partial charge in [-0.2, -0.15) is 5.10 Å². The van der Waals surface area contributed by atoms with Crippen molar-refractivity contribution < 1.29 is 13.9 Å². The highest BCUT2D eigenvalue weighted by Gasteiger charge is 2.20. The van der Waals surface area contributed by atoms with Crippen molar-refractivity contribution in [1.29, 1.82) is 0 Å². The molecule has 0 fully saturated rings. The average Bonchev–Trinajstić information content (AvgIpc) is 3.08. The second-order valence-corrected chi connectivity index (χ2v) is 6.46. The van der Waals surface area contributed by atoms with Crippen LogP contribution in [0.5, 0.6) is 5.75 Å². The second-order valence-electron chi connectivity index (χ2n) is 6.02. The molecule has 27 heavy (non-hydrogen) atoms. The lowest BCUT2D eigenvalue weighted by atomic mass is 10.2. The summed E-state index contributed by atoms with van der Waals surface area (Å²) in [6, 6.07) is 11.1. The lowest BCUT2D eigenvalue weighted by Gasteiger charge is -2.09. The Kier molecular flexibility index (Phi) is 5.76. The lowest BCUT2D eigenvalue weighted by molar-refractivity contribution is 0.101. The van der Waals surface area contributed by atoms with Crippen molar-refractivity contribution in [2.24, 2.45) is 0 Å². The van der Waals surface area contributed by atoms with Gasteiger partial charge in [0.25, 0.3) is 5.91 Å². The Morgan fingerprint density at radius 2 is 2.00 bits per heavy atom. The number of nitrogens with zero attached hydrogens (tertiary/aromatic N) is 2. The fourth-order valence-corrected chi connectivity index (χ4v) is 2.64. The average molecular weight is 388 g/mol. The Balaban J connectivity index is 1.93. The molecule has 3 aromatic rings. The molecule has 7 heteroatoms. The molecule has 0 atom stereocenters. The van der Waals surface area contributed by atoms with Crippen molar-refractivity contribution in [3.05, 3.63) is 70.8 Å². The van der Waals surface area contributed by atoms with Crippen molar-refractivity contribution in [2.75, 3.05) is 11.9 Å². The number of amides is 1. The van der Waals surface area contributed by atoms with Gasteiger partial charge in [0.05, 0.1) is 18.5 Å². The van der Waals surface area contributed by atoms with Gasteiger partial charge in [-0.15, -0.1) is 0 Å². The molecule has 1 amide bonds. The summed E-state index contributed by atoms with van der Waals surface area (Å²) in [6.45, 7) is 4.29. The van der Waals surface area contributed by atoms with Crippen LogP contribution in [-0.4, -0.2) is 22.3 Å². The van der Waals surface area contributed by atoms with E-state index in [1.807, 2.05) is 19.9 Å². The minimum absolute atomic E-state index is 0.146. The predicted octanol–water partition coefficient (Wildman–Crippen LogP) is 5.01. The first kappa shape index (κ1) is 18.9. The Hall–Kier alpha value is -2.86. The Bertz CT molecular complexity index is 954. The number of carbonyl (C=O) groups excluding carboxylic acids is 1. The topological polar surface area (TPSA) is 56.2 Å². The van der Waals surface area contributed by atoms with Gasteiger partial charge in [-0.3, -0.25) is 4.79 Å². The summed E-state index contributed by atoms with van der Waals surface area (Å²) in [5.74, 6) is -0.395. The van der Waals surface area contributed by atoms with Crippen LogP contribution in [0.4, 0.5) is 10.1 Å². The number of aromatic nitrogens is 2. The van der Waals surface area contributed by atoms with Crippen LogP contribution < -0.4 is 10.1 Å². The molecule has 0 aliphatic carbocycles. The molecular formula is C20H19ClFN3O2. The smallest absolute Gasteiger partial charge is 0.280 e. The van der Waals surface area contributed by atoms with E-state index < -0.39 is 5.91 Å². The molecule has 0 bridgehead atoms. The van der Waals surface area contributed by atoms with Crippen LogP contribution >= 0.6 is 11.6 Å². The number of halogens is 2. The molecule has 0 aliphatic heterocycles. The normalized spacial score (nSPS) is 10.7. The predicted molar refractivity (Wildman–Crippen MR) is 103 cm³/mol. The zero-order valence-electron chi connectivity index (χ0n) is 15.0. The summed E-state index contributed by atoms with van der Waals surface area (Å²) in [4.78, 5) is 12.8. The summed E-state index contributed by atoms with van der Waals surface area (Å²) in [5, 5.41) is 7.68. The molecule has 3 rings (SSSR count). The lowest BCUT2D eigenvalue weighted by Crippen LogP contribution is -2.15. The number of nitrogens with one attached hydrogen (secondary N) is 1. The number of hydrogen-bond acceptors (Lipinski definition) is 3. The Morgan fingerprint density at radius 1 is 1.26 bits per heavy atom. The van der Waals surface area contributed by atoms with Crippen molar-refractivity contribution in [1.82, 2.24) is 9.78 Å². The Labute approximate surface area is 161 Å². The third-order valence-electron chi connectivity index (χ3n) is 3.90. The van der Waals surface area contributed by atoms with Crippen molar-refractivity contribution in [3.63, 3.8) is 0 Å². The summed E-state index contributed by atoms with van der Waals surface area (Å²) in [7, 11) is 0. The van der Waals surface area contributed by atoms with Crippen molar-refractivity contribution in [2.45, 2.75) is 20.3 Å². The van der Waals surface area contributed by atoms with Crippen LogP contribution in [0.25, 0.3) is 5.69 Å². The highest BCUT2D eigenvalue weighted by Crippen LogP contribution is 2.24. The summed E-state index contributed by atoms with van der Waals surface area (Å²) >= 11 is 6.02. The zero-order valence-corrected chi connectivity index (χ0v) is 15.8. The first-order valence-electron chi connectivity index (χ1n) is 8.54. The fraction of sp³-hybridized carbons (Fsp3) is 0.200. The van der Waals surface area contributed by atoms with Gasteiger partial charge >= 0.3 is 0 Å². The largest absolute Gasteiger partial charge is 0.489 e. The standard InChI is InChI=1S/C20H19ClFN3O2/c1-3-10-27-18-12-25(16-8-6-15(22)7-9-16)24-19(18)20(26)23-17-11-14(21)5-4-13(17)2/h4-9,11-12H,3,10H2,1-2H3,(H,23,26). The Morgan fingerprint density at radius 3 is 2.70 bits per heavy atom. The van der Waals surface area contributed by atoms with E-state index in [0.29, 0.717) is 28.8 Å². The molecule has 1 aromatic heterocycles. The number of anilines is 1. The molecule has 0 saturated heterocycles. The van der Waals surface area contributed by atoms with Crippen molar-refractivity contribution in [3.8, 4) is 11.4 Å². The number of hydrogen-bond donors (Lipinski definition) is 1. The quantitative estimate of drug-likeness (QED) is 0.646. The van der Waals surface area contributed by atoms with E-state index >= 15 is 0 Å². The van der Waals surface area contributed by atoms with Gasteiger partial charge in [0, 0.05) is 10.7 Å². The number of aryl methyl sites for hydroxylation is 1. The molecule has 0 saturated carbocycles. The van der Waals surface area contributed by atoms with Gasteiger partial charge in [0.15, 0.2) is 11.4 Å². The van der Waals surface area contributed by atoms with Gasteiger partial charge in [0.2, 0.25) is 0 Å². The monoisotopic (exact) mass is 387 g/mol. The SMILES string of the molecule is CCCOc1cn(-c2ccc(F)cc2)nc1C(=O)Nc1cc(Cl)ccc1C. The maximum atomic E-state index is 13.2. The van der Waals surface area contributed by atoms with Crippen LogP contribution in [0, 0.1) is 12.7 Å². The van der Waals surface area contributed by atoms with E-state index in [1.165, 1.54) is 16.8 Å². The molecule has 0 unspecified atom stereocenters. The molecule has 1 N–H and O–H groups in total. The third kappa shape index (κ3) is 4.46. The third-order valence-corrected chi connectivity index (χ3v) is 4.13. The van der Waals surface area contributed by atoms with Gasteiger partial charge in [-0.1, -0.05) is 24.6 Å². The number of ether oxygens (including phenoxy) is 1. The molecule has 0 spiro atoms. The molecule has 5 nitrogen and oxygen atoms in total. The maximum Gasteiger partial charge on any atom is 0.280 e. The molecule has 140 valence electrons. The van der Waals surface area contributed by atoms with E-state index in [2.05, 4.69) is 10.4 Å². The first-order chi connectivity index (χ1) is 13.0. The molecule has 0 aliphatic rings. The number of benzene rings is 2. The van der Waals surface area contributed by atoms with E-state index in [-0.39, 0.29) is 11.5 Å². The number of carbonyl (C=O) groups is 1. The highest BCUT2D eigenvalue weighted by atomic mass is 35.5. The van der Waals surface area contributed by atoms with Gasteiger partial charge in [-0.25, -0.2) is 9.07 Å². The van der Waals surface area contributed by atoms with Crippen LogP contribution in [-0.2, 0) is 0 Å². The molecule has 0 radical (unpaired) electrons. The van der Waals surface area contributed by atoms with E-state index in [4.69, 9.17) is 16.3 Å². The van der Waals surface area contributed by atoms with Crippen molar-refractivity contribution >= 4 is 23.2 Å². The fourth-order valence-electron chi connectivity index (χ4n) is 2.47. The molecular weight excluding hydrogens is 369 g/mol. The minimum atomic E-state index is -0.410. The van der Waals surface area contributed by atoms with Crippen LogP contribution in [0.1, 0.15) is 29.4 Å². The molecule has 1 heterocycles. The van der Waals surface area contributed by atoms with E-state index in [1.54, 1.807) is 30.5 Å². The van der Waals surface area contributed by atoms with E-state index in [0.717, 1.165) is 12.0 Å². The summed E-state index contributed by atoms with van der Waals surface area (Å²) < 4.78 is 20.3. The second kappa shape index (κ2) is 8.22. The van der Waals surface area contributed by atoms with Crippen LogP contribution in [0.3, 0.4) is 0 Å². The van der Waals surface area contributed by atoms with E-state index in [9.17, 15) is 9.18 Å². The minimum Gasteiger partial charge on any atom is -0.489 e. The van der Waals surface area contributed by atoms with Crippen LogP contribution in [0.2, 0.25) is 5.02 Å². The van der Waals surface area contributed by atoms with Gasteiger partial charge in [0.1, 0.15) is 5.82 Å².